The first-order valence-corrected chi connectivity index (χ1v) is 10.8. The number of aryl methyl sites for hydroxylation is 3. The number of rotatable bonds is 5. The molecule has 0 bridgehead atoms. The number of carbonyl (C=O) groups excluding carboxylic acids is 1. The zero-order valence-electron chi connectivity index (χ0n) is 17.0. The number of anilines is 1. The van der Waals surface area contributed by atoms with Gasteiger partial charge in [-0.2, -0.15) is 5.26 Å². The summed E-state index contributed by atoms with van der Waals surface area (Å²) in [6.07, 6.45) is 3.72. The lowest BCUT2D eigenvalue weighted by molar-refractivity contribution is -0.115. The molecule has 4 nitrogen and oxygen atoms in total. The maximum Gasteiger partial charge on any atom is 0.237 e. The number of hydrogen-bond acceptors (Lipinski definition) is 4. The molecule has 0 spiro atoms. The van der Waals surface area contributed by atoms with Crippen LogP contribution in [0.1, 0.15) is 54.6 Å². The lowest BCUT2D eigenvalue weighted by Crippen LogP contribution is -2.25. The number of fused-ring (bicyclic) bond motifs is 1. The fraction of sp³-hybridized carbons (Fsp3) is 0.435. The van der Waals surface area contributed by atoms with Gasteiger partial charge in [-0.25, -0.2) is 4.98 Å². The molecule has 1 aliphatic carbocycles. The average Bonchev–Trinajstić information content (AvgIpc) is 2.64. The van der Waals surface area contributed by atoms with Gasteiger partial charge in [0.1, 0.15) is 11.1 Å². The van der Waals surface area contributed by atoms with Gasteiger partial charge in [-0.1, -0.05) is 31.7 Å². The third kappa shape index (κ3) is 4.74. The lowest BCUT2D eigenvalue weighted by Gasteiger charge is -2.22. The zero-order chi connectivity index (χ0) is 20.3. The Balaban J connectivity index is 1.80. The van der Waals surface area contributed by atoms with Gasteiger partial charge in [-0.05, 0) is 80.3 Å². The highest BCUT2D eigenvalue weighted by atomic mass is 32.2. The molecule has 0 saturated heterocycles. The molecule has 2 unspecified atom stereocenters. The van der Waals surface area contributed by atoms with Crippen molar-refractivity contribution in [3.05, 3.63) is 52.2 Å². The summed E-state index contributed by atoms with van der Waals surface area (Å²) in [5.74, 6) is 0.584. The Hall–Kier alpha value is -2.32. The summed E-state index contributed by atoms with van der Waals surface area (Å²) in [7, 11) is 0. The molecule has 1 aliphatic rings. The predicted octanol–water partition coefficient (Wildman–Crippen LogP) is 5.20. The van der Waals surface area contributed by atoms with Crippen LogP contribution < -0.4 is 5.32 Å². The van der Waals surface area contributed by atoms with Gasteiger partial charge in [0.15, 0.2) is 0 Å². The SMILES string of the molecule is CCC(Sc1nc2c(cc1C#N)CC(C)CC2)C(=O)Nc1cc(C)cc(C)c1. The topological polar surface area (TPSA) is 65.8 Å². The molecule has 3 rings (SSSR count). The van der Waals surface area contributed by atoms with Crippen LogP contribution in [0.3, 0.4) is 0 Å². The van der Waals surface area contributed by atoms with Crippen molar-refractivity contribution in [3.8, 4) is 6.07 Å². The van der Waals surface area contributed by atoms with Gasteiger partial charge in [-0.15, -0.1) is 0 Å². The molecule has 1 aromatic heterocycles. The number of amides is 1. The van der Waals surface area contributed by atoms with E-state index in [1.54, 1.807) is 0 Å². The van der Waals surface area contributed by atoms with Crippen molar-refractivity contribution < 1.29 is 4.79 Å². The van der Waals surface area contributed by atoms with Crippen LogP contribution in [0.2, 0.25) is 0 Å². The van der Waals surface area contributed by atoms with E-state index in [2.05, 4.69) is 24.4 Å². The van der Waals surface area contributed by atoms with Crippen molar-refractivity contribution in [1.29, 1.82) is 5.26 Å². The molecular weight excluding hydrogens is 366 g/mol. The maximum atomic E-state index is 12.9. The first-order valence-electron chi connectivity index (χ1n) is 9.88. The molecule has 5 heteroatoms. The molecule has 1 N–H and O–H groups in total. The predicted molar refractivity (Wildman–Crippen MR) is 115 cm³/mol. The zero-order valence-corrected chi connectivity index (χ0v) is 17.8. The normalized spacial score (nSPS) is 16.8. The van der Waals surface area contributed by atoms with Crippen LogP contribution in [-0.4, -0.2) is 16.1 Å². The first-order chi connectivity index (χ1) is 13.4. The number of aromatic nitrogens is 1. The van der Waals surface area contributed by atoms with Gasteiger partial charge in [-0.3, -0.25) is 4.79 Å². The lowest BCUT2D eigenvalue weighted by atomic mass is 9.87. The van der Waals surface area contributed by atoms with Crippen molar-refractivity contribution >= 4 is 23.4 Å². The average molecular weight is 394 g/mol. The third-order valence-corrected chi connectivity index (χ3v) is 6.49. The second kappa shape index (κ2) is 8.79. The summed E-state index contributed by atoms with van der Waals surface area (Å²) in [5.41, 5.74) is 5.91. The Morgan fingerprint density at radius 3 is 2.68 bits per heavy atom. The highest BCUT2D eigenvalue weighted by molar-refractivity contribution is 8.00. The van der Waals surface area contributed by atoms with E-state index < -0.39 is 0 Å². The minimum absolute atomic E-state index is 0.0467. The minimum Gasteiger partial charge on any atom is -0.325 e. The third-order valence-electron chi connectivity index (χ3n) is 5.13. The molecule has 2 atom stereocenters. The number of nitriles is 1. The Morgan fingerprint density at radius 2 is 2.04 bits per heavy atom. The Morgan fingerprint density at radius 1 is 1.32 bits per heavy atom. The highest BCUT2D eigenvalue weighted by Gasteiger charge is 2.24. The van der Waals surface area contributed by atoms with E-state index in [-0.39, 0.29) is 11.2 Å². The van der Waals surface area contributed by atoms with Gasteiger partial charge in [0.2, 0.25) is 5.91 Å². The van der Waals surface area contributed by atoms with E-state index in [1.807, 2.05) is 39.0 Å². The maximum absolute atomic E-state index is 12.9. The fourth-order valence-electron chi connectivity index (χ4n) is 3.72. The molecule has 2 aromatic rings. The number of thioether (sulfide) groups is 1. The summed E-state index contributed by atoms with van der Waals surface area (Å²) < 4.78 is 0. The van der Waals surface area contributed by atoms with Gasteiger partial charge in [0.05, 0.1) is 10.8 Å². The standard InChI is InChI=1S/C23H27N3OS/c1-5-21(22(27)25-19-10-15(3)8-16(4)11-19)28-23-18(13-24)12-17-9-14(2)6-7-20(17)26-23/h8,10-12,14,21H,5-7,9H2,1-4H3,(H,25,27). The number of pyridine rings is 1. The van der Waals surface area contributed by atoms with E-state index in [0.29, 0.717) is 22.9 Å². The molecule has 1 amide bonds. The molecule has 1 aromatic carbocycles. The molecule has 0 radical (unpaired) electrons. The van der Waals surface area contributed by atoms with Gasteiger partial charge >= 0.3 is 0 Å². The summed E-state index contributed by atoms with van der Waals surface area (Å²) in [5, 5.41) is 13.0. The Bertz CT molecular complexity index is 912. The number of hydrogen-bond donors (Lipinski definition) is 1. The molecular formula is C23H27N3OS. The van der Waals surface area contributed by atoms with E-state index >= 15 is 0 Å². The van der Waals surface area contributed by atoms with E-state index in [4.69, 9.17) is 4.98 Å². The van der Waals surface area contributed by atoms with Crippen LogP contribution in [-0.2, 0) is 17.6 Å². The fourth-order valence-corrected chi connectivity index (χ4v) is 4.72. The van der Waals surface area contributed by atoms with E-state index in [1.165, 1.54) is 17.3 Å². The van der Waals surface area contributed by atoms with Crippen LogP contribution in [0.15, 0.2) is 29.3 Å². The van der Waals surface area contributed by atoms with E-state index in [0.717, 1.165) is 41.8 Å². The van der Waals surface area contributed by atoms with Crippen molar-refractivity contribution in [2.24, 2.45) is 5.92 Å². The van der Waals surface area contributed by atoms with Gasteiger partial charge in [0.25, 0.3) is 0 Å². The second-order valence-corrected chi connectivity index (χ2v) is 8.98. The van der Waals surface area contributed by atoms with Crippen molar-refractivity contribution in [2.75, 3.05) is 5.32 Å². The molecule has 0 fully saturated rings. The van der Waals surface area contributed by atoms with Crippen LogP contribution >= 0.6 is 11.8 Å². The molecule has 0 saturated carbocycles. The molecule has 1 heterocycles. The van der Waals surface area contributed by atoms with Crippen molar-refractivity contribution in [2.45, 2.75) is 63.7 Å². The summed E-state index contributed by atoms with van der Waals surface area (Å²) in [6.45, 7) is 8.27. The summed E-state index contributed by atoms with van der Waals surface area (Å²) in [6, 6.07) is 10.3. The Labute approximate surface area is 171 Å². The summed E-state index contributed by atoms with van der Waals surface area (Å²) >= 11 is 1.40. The smallest absolute Gasteiger partial charge is 0.237 e. The van der Waals surface area contributed by atoms with Crippen LogP contribution in [0, 0.1) is 31.1 Å². The van der Waals surface area contributed by atoms with Crippen LogP contribution in [0.4, 0.5) is 5.69 Å². The van der Waals surface area contributed by atoms with Crippen molar-refractivity contribution in [1.82, 2.24) is 4.98 Å². The number of nitrogens with zero attached hydrogens (tertiary/aromatic N) is 2. The van der Waals surface area contributed by atoms with Gasteiger partial charge in [0, 0.05) is 11.4 Å². The Kier molecular flexibility index (Phi) is 6.41. The van der Waals surface area contributed by atoms with Gasteiger partial charge < -0.3 is 5.32 Å². The van der Waals surface area contributed by atoms with E-state index in [9.17, 15) is 10.1 Å². The first kappa shape index (κ1) is 20.4. The molecule has 28 heavy (non-hydrogen) atoms. The largest absolute Gasteiger partial charge is 0.325 e. The summed E-state index contributed by atoms with van der Waals surface area (Å²) in [4.78, 5) is 17.6. The van der Waals surface area contributed by atoms with Crippen LogP contribution in [0.25, 0.3) is 0 Å². The number of nitrogens with one attached hydrogen (secondary N) is 1. The number of carbonyl (C=O) groups is 1. The van der Waals surface area contributed by atoms with Crippen LogP contribution in [0.5, 0.6) is 0 Å². The highest BCUT2D eigenvalue weighted by Crippen LogP contribution is 2.32. The minimum atomic E-state index is -0.291. The molecule has 0 aliphatic heterocycles. The quantitative estimate of drug-likeness (QED) is 0.709. The number of benzene rings is 1. The van der Waals surface area contributed by atoms with Crippen molar-refractivity contribution in [3.63, 3.8) is 0 Å². The monoisotopic (exact) mass is 393 g/mol. The second-order valence-electron chi connectivity index (χ2n) is 7.79. The molecule has 146 valence electrons.